The van der Waals surface area contributed by atoms with Crippen molar-refractivity contribution in [1.29, 1.82) is 0 Å². The smallest absolute Gasteiger partial charge is 0.0721 e. The first kappa shape index (κ1) is 17.0. The number of allylic oxidation sites excluding steroid dienone is 3. The third-order valence-electron chi connectivity index (χ3n) is 4.72. The Morgan fingerprint density at radius 2 is 1.64 bits per heavy atom. The van der Waals surface area contributed by atoms with Gasteiger partial charge in [0, 0.05) is 0 Å². The lowest BCUT2D eigenvalue weighted by atomic mass is 9.77. The number of hydrogen-bond acceptors (Lipinski definition) is 1. The van der Waals surface area contributed by atoms with Crippen molar-refractivity contribution in [1.82, 2.24) is 0 Å². The van der Waals surface area contributed by atoms with Gasteiger partial charge in [-0.15, -0.1) is 0 Å². The van der Waals surface area contributed by atoms with Crippen LogP contribution in [0.5, 0.6) is 0 Å². The van der Waals surface area contributed by atoms with E-state index in [4.69, 9.17) is 4.74 Å². The summed E-state index contributed by atoms with van der Waals surface area (Å²) < 4.78 is 5.60. The quantitative estimate of drug-likeness (QED) is 0.442. The molecular formula is C21H30O. The summed E-state index contributed by atoms with van der Waals surface area (Å²) in [5.74, 6) is 1.67. The van der Waals surface area contributed by atoms with E-state index in [0.29, 0.717) is 13.2 Å². The first-order valence-electron chi connectivity index (χ1n) is 8.72. The first-order valence-corrected chi connectivity index (χ1v) is 8.72. The lowest BCUT2D eigenvalue weighted by Crippen LogP contribution is -2.12. The predicted molar refractivity (Wildman–Crippen MR) is 95.0 cm³/mol. The molecule has 0 aromatic heterocycles. The highest BCUT2D eigenvalue weighted by Gasteiger charge is 2.21. The molecule has 0 amide bonds. The van der Waals surface area contributed by atoms with Crippen LogP contribution in [0.3, 0.4) is 0 Å². The molecule has 1 nitrogen and oxygen atoms in total. The molecule has 0 N–H and O–H groups in total. The Bertz CT molecular complexity index is 461. The summed E-state index contributed by atoms with van der Waals surface area (Å²) in [6.07, 6.45) is 15.3. The van der Waals surface area contributed by atoms with E-state index in [1.165, 1.54) is 43.2 Å². The monoisotopic (exact) mass is 298 g/mol. The maximum atomic E-state index is 5.60. The molecule has 0 atom stereocenters. The molecule has 1 fully saturated rings. The molecule has 0 heterocycles. The molecule has 1 heteroatoms. The Labute approximate surface area is 136 Å². The molecule has 1 aromatic rings. The van der Waals surface area contributed by atoms with Gasteiger partial charge in [0.15, 0.2) is 0 Å². The van der Waals surface area contributed by atoms with Crippen LogP contribution in [0.4, 0.5) is 0 Å². The third kappa shape index (κ3) is 5.46. The van der Waals surface area contributed by atoms with E-state index >= 15 is 0 Å². The maximum absolute atomic E-state index is 5.60. The topological polar surface area (TPSA) is 9.23 Å². The summed E-state index contributed by atoms with van der Waals surface area (Å²) in [6, 6.07) is 9.09. The second-order valence-electron chi connectivity index (χ2n) is 6.35. The third-order valence-corrected chi connectivity index (χ3v) is 4.72. The maximum Gasteiger partial charge on any atom is 0.0721 e. The SMILES string of the molecule is C/C=C/COCc1ccc([C@H]2CC[C@H](C/C=C/C)CC2)cc1. The molecule has 0 radical (unpaired) electrons. The molecule has 22 heavy (non-hydrogen) atoms. The number of hydrogen-bond donors (Lipinski definition) is 0. The lowest BCUT2D eigenvalue weighted by Gasteiger charge is -2.28. The molecule has 1 aliphatic rings. The van der Waals surface area contributed by atoms with E-state index in [1.807, 2.05) is 19.1 Å². The van der Waals surface area contributed by atoms with Gasteiger partial charge in [0.25, 0.3) is 0 Å². The van der Waals surface area contributed by atoms with Crippen molar-refractivity contribution in [3.63, 3.8) is 0 Å². The molecule has 1 saturated carbocycles. The lowest BCUT2D eigenvalue weighted by molar-refractivity contribution is 0.148. The van der Waals surface area contributed by atoms with Gasteiger partial charge in [0.1, 0.15) is 0 Å². The molecule has 0 unspecified atom stereocenters. The van der Waals surface area contributed by atoms with Crippen molar-refractivity contribution in [3.05, 3.63) is 59.7 Å². The fraction of sp³-hybridized carbons (Fsp3) is 0.524. The first-order chi connectivity index (χ1) is 10.8. The van der Waals surface area contributed by atoms with Crippen LogP contribution in [0.25, 0.3) is 0 Å². The number of ether oxygens (including phenoxy) is 1. The number of benzene rings is 1. The van der Waals surface area contributed by atoms with Crippen molar-refractivity contribution in [2.45, 2.75) is 58.5 Å². The van der Waals surface area contributed by atoms with Crippen LogP contribution in [0, 0.1) is 5.92 Å². The van der Waals surface area contributed by atoms with Crippen molar-refractivity contribution in [2.24, 2.45) is 5.92 Å². The van der Waals surface area contributed by atoms with Crippen molar-refractivity contribution in [2.75, 3.05) is 6.61 Å². The minimum absolute atomic E-state index is 0.703. The summed E-state index contributed by atoms with van der Waals surface area (Å²) in [4.78, 5) is 0. The van der Waals surface area contributed by atoms with E-state index in [9.17, 15) is 0 Å². The molecule has 0 spiro atoms. The van der Waals surface area contributed by atoms with Gasteiger partial charge in [0.05, 0.1) is 13.2 Å². The van der Waals surface area contributed by atoms with Crippen LogP contribution < -0.4 is 0 Å². The van der Waals surface area contributed by atoms with Gasteiger partial charge in [-0.2, -0.15) is 0 Å². The van der Waals surface area contributed by atoms with E-state index in [2.05, 4.69) is 43.3 Å². The molecular weight excluding hydrogens is 268 g/mol. The van der Waals surface area contributed by atoms with Gasteiger partial charge < -0.3 is 4.74 Å². The van der Waals surface area contributed by atoms with E-state index in [1.54, 1.807) is 0 Å². The van der Waals surface area contributed by atoms with Gasteiger partial charge in [0.2, 0.25) is 0 Å². The van der Waals surface area contributed by atoms with Gasteiger partial charge in [-0.05, 0) is 68.9 Å². The van der Waals surface area contributed by atoms with Crippen LogP contribution in [-0.4, -0.2) is 6.61 Å². The molecule has 120 valence electrons. The zero-order chi connectivity index (χ0) is 15.6. The second-order valence-corrected chi connectivity index (χ2v) is 6.35. The summed E-state index contributed by atoms with van der Waals surface area (Å²) >= 11 is 0. The molecule has 1 aliphatic carbocycles. The molecule has 0 aliphatic heterocycles. The summed E-state index contributed by atoms with van der Waals surface area (Å²) in [7, 11) is 0. The second kappa shape index (κ2) is 9.63. The zero-order valence-corrected chi connectivity index (χ0v) is 14.1. The minimum Gasteiger partial charge on any atom is -0.373 e. The van der Waals surface area contributed by atoms with Crippen molar-refractivity contribution in [3.8, 4) is 0 Å². The average molecular weight is 298 g/mol. The minimum atomic E-state index is 0.703. The average Bonchev–Trinajstić information content (AvgIpc) is 2.58. The highest BCUT2D eigenvalue weighted by Crippen LogP contribution is 2.37. The fourth-order valence-electron chi connectivity index (χ4n) is 3.29. The van der Waals surface area contributed by atoms with Crippen LogP contribution in [0.1, 0.15) is 63.0 Å². The molecule has 0 bridgehead atoms. The van der Waals surface area contributed by atoms with Crippen LogP contribution in [0.2, 0.25) is 0 Å². The van der Waals surface area contributed by atoms with Crippen LogP contribution in [0.15, 0.2) is 48.6 Å². The van der Waals surface area contributed by atoms with Crippen molar-refractivity contribution >= 4 is 0 Å². The van der Waals surface area contributed by atoms with Gasteiger partial charge >= 0.3 is 0 Å². The predicted octanol–water partition coefficient (Wildman–Crippen LogP) is 6.02. The van der Waals surface area contributed by atoms with Gasteiger partial charge in [-0.25, -0.2) is 0 Å². The Hall–Kier alpha value is -1.34. The van der Waals surface area contributed by atoms with E-state index in [-0.39, 0.29) is 0 Å². The standard InChI is InChI=1S/C21H30O/c1-3-5-7-18-8-12-20(13-9-18)21-14-10-19(11-15-21)17-22-16-6-4-2/h3-6,10-11,14-15,18,20H,7-9,12-13,16-17H2,1-2H3/b5-3+,6-4+/t18-,20-. The van der Waals surface area contributed by atoms with Gasteiger partial charge in [-0.1, -0.05) is 48.6 Å². The van der Waals surface area contributed by atoms with E-state index in [0.717, 1.165) is 11.8 Å². The number of rotatable bonds is 7. The highest BCUT2D eigenvalue weighted by atomic mass is 16.5. The molecule has 0 saturated heterocycles. The highest BCUT2D eigenvalue weighted by molar-refractivity contribution is 5.25. The summed E-state index contributed by atoms with van der Waals surface area (Å²) in [6.45, 7) is 5.55. The Kier molecular flexibility index (Phi) is 7.45. The molecule has 2 rings (SSSR count). The molecule has 1 aromatic carbocycles. The van der Waals surface area contributed by atoms with Gasteiger partial charge in [-0.3, -0.25) is 0 Å². The zero-order valence-electron chi connectivity index (χ0n) is 14.1. The Balaban J connectivity index is 1.79. The summed E-state index contributed by atoms with van der Waals surface area (Å²) in [5.41, 5.74) is 2.79. The van der Waals surface area contributed by atoms with Crippen LogP contribution in [-0.2, 0) is 11.3 Å². The Morgan fingerprint density at radius 3 is 2.27 bits per heavy atom. The van der Waals surface area contributed by atoms with Crippen molar-refractivity contribution < 1.29 is 4.74 Å². The fourth-order valence-corrected chi connectivity index (χ4v) is 3.29. The summed E-state index contributed by atoms with van der Waals surface area (Å²) in [5, 5.41) is 0. The largest absolute Gasteiger partial charge is 0.373 e. The van der Waals surface area contributed by atoms with Crippen LogP contribution >= 0.6 is 0 Å². The normalized spacial score (nSPS) is 22.6. The van der Waals surface area contributed by atoms with E-state index < -0.39 is 0 Å². The Morgan fingerprint density at radius 1 is 0.955 bits per heavy atom.